The van der Waals surface area contributed by atoms with Crippen LogP contribution in [0.25, 0.3) is 0 Å². The van der Waals surface area contributed by atoms with E-state index in [0.29, 0.717) is 0 Å². The monoisotopic (exact) mass is 266 g/mol. The Morgan fingerprint density at radius 3 is 1.63 bits per heavy atom. The first-order valence-corrected chi connectivity index (χ1v) is 5.87. The molecule has 0 saturated heterocycles. The smallest absolute Gasteiger partial charge is 0.447 e. The van der Waals surface area contributed by atoms with Gasteiger partial charge in [0.2, 0.25) is 0 Å². The summed E-state index contributed by atoms with van der Waals surface area (Å²) in [5.41, 5.74) is 1.32. The SMILES string of the molecule is CCOC(=O)N=NC(=O)OCC.Cc1ccccc1. The number of ether oxygens (including phenoxy) is 2. The van der Waals surface area contributed by atoms with E-state index < -0.39 is 12.2 Å². The van der Waals surface area contributed by atoms with Crippen molar-refractivity contribution in [3.8, 4) is 0 Å². The van der Waals surface area contributed by atoms with Crippen molar-refractivity contribution < 1.29 is 19.1 Å². The number of benzene rings is 1. The zero-order valence-electron chi connectivity index (χ0n) is 11.3. The average molecular weight is 266 g/mol. The topological polar surface area (TPSA) is 77.3 Å². The number of nitrogens with zero attached hydrogens (tertiary/aromatic N) is 2. The molecule has 19 heavy (non-hydrogen) atoms. The second-order valence-corrected chi connectivity index (χ2v) is 3.25. The molecule has 0 spiro atoms. The minimum atomic E-state index is -0.898. The van der Waals surface area contributed by atoms with Crippen LogP contribution in [-0.2, 0) is 9.47 Å². The van der Waals surface area contributed by atoms with Crippen molar-refractivity contribution in [1.82, 2.24) is 0 Å². The lowest BCUT2D eigenvalue weighted by Gasteiger charge is -1.93. The van der Waals surface area contributed by atoms with E-state index in [1.54, 1.807) is 13.8 Å². The molecule has 0 heterocycles. The van der Waals surface area contributed by atoms with Crippen LogP contribution in [0.4, 0.5) is 9.59 Å². The van der Waals surface area contributed by atoms with Crippen molar-refractivity contribution >= 4 is 12.2 Å². The van der Waals surface area contributed by atoms with E-state index in [9.17, 15) is 9.59 Å². The fourth-order valence-electron chi connectivity index (χ4n) is 0.921. The summed E-state index contributed by atoms with van der Waals surface area (Å²) in [5.74, 6) is 0. The van der Waals surface area contributed by atoms with Gasteiger partial charge < -0.3 is 9.47 Å². The van der Waals surface area contributed by atoms with Crippen molar-refractivity contribution in [2.24, 2.45) is 10.2 Å². The van der Waals surface area contributed by atoms with Gasteiger partial charge in [-0.3, -0.25) is 0 Å². The Bertz CT molecular complexity index is 384. The minimum absolute atomic E-state index is 0.195. The summed E-state index contributed by atoms with van der Waals surface area (Å²) < 4.78 is 8.73. The lowest BCUT2D eigenvalue weighted by Crippen LogP contribution is -2.00. The van der Waals surface area contributed by atoms with Crippen molar-refractivity contribution in [2.45, 2.75) is 20.8 Å². The van der Waals surface area contributed by atoms with E-state index in [1.807, 2.05) is 18.2 Å². The normalized spacial score (nSPS) is 9.42. The fourth-order valence-corrected chi connectivity index (χ4v) is 0.921. The maximum absolute atomic E-state index is 10.5. The summed E-state index contributed by atoms with van der Waals surface area (Å²) >= 11 is 0. The first kappa shape index (κ1) is 16.8. The summed E-state index contributed by atoms with van der Waals surface area (Å²) in [7, 11) is 0. The number of hydrogen-bond acceptors (Lipinski definition) is 4. The lowest BCUT2D eigenvalue weighted by atomic mass is 10.2. The van der Waals surface area contributed by atoms with Gasteiger partial charge in [0.05, 0.1) is 13.2 Å². The molecule has 0 bridgehead atoms. The van der Waals surface area contributed by atoms with Crippen molar-refractivity contribution in [1.29, 1.82) is 0 Å². The van der Waals surface area contributed by atoms with Gasteiger partial charge in [-0.2, -0.15) is 0 Å². The molecule has 0 N–H and O–H groups in total. The van der Waals surface area contributed by atoms with Crippen LogP contribution >= 0.6 is 0 Å². The molecule has 0 radical (unpaired) electrons. The van der Waals surface area contributed by atoms with Crippen LogP contribution in [0.2, 0.25) is 0 Å². The highest BCUT2D eigenvalue weighted by atomic mass is 16.6. The maximum Gasteiger partial charge on any atom is 0.452 e. The van der Waals surface area contributed by atoms with Gasteiger partial charge in [-0.1, -0.05) is 46.1 Å². The van der Waals surface area contributed by atoms with Crippen LogP contribution in [0.15, 0.2) is 40.6 Å². The molecule has 0 fully saturated rings. The van der Waals surface area contributed by atoms with E-state index in [0.717, 1.165) is 0 Å². The quantitative estimate of drug-likeness (QED) is 0.764. The van der Waals surface area contributed by atoms with Crippen LogP contribution in [0, 0.1) is 6.92 Å². The molecule has 0 atom stereocenters. The van der Waals surface area contributed by atoms with E-state index >= 15 is 0 Å². The molecule has 0 aliphatic rings. The fraction of sp³-hybridized carbons (Fsp3) is 0.385. The number of azo groups is 1. The Morgan fingerprint density at radius 2 is 1.37 bits per heavy atom. The second-order valence-electron chi connectivity index (χ2n) is 3.25. The van der Waals surface area contributed by atoms with Crippen molar-refractivity contribution in [3.63, 3.8) is 0 Å². The van der Waals surface area contributed by atoms with Gasteiger partial charge in [-0.25, -0.2) is 9.59 Å². The highest BCUT2D eigenvalue weighted by Gasteiger charge is 2.00. The molecule has 6 nitrogen and oxygen atoms in total. The molecular weight excluding hydrogens is 248 g/mol. The predicted octanol–water partition coefficient (Wildman–Crippen LogP) is 3.75. The van der Waals surface area contributed by atoms with E-state index in [2.05, 4.69) is 38.8 Å². The Balaban J connectivity index is 0.000000388. The third kappa shape index (κ3) is 10.6. The number of carbonyl (C=O) groups is 2. The van der Waals surface area contributed by atoms with Crippen molar-refractivity contribution in [2.75, 3.05) is 13.2 Å². The molecular formula is C13H18N2O4. The van der Waals surface area contributed by atoms with E-state index in [-0.39, 0.29) is 13.2 Å². The number of amides is 2. The first-order chi connectivity index (χ1) is 9.10. The summed E-state index contributed by atoms with van der Waals surface area (Å²) in [6, 6.07) is 10.3. The van der Waals surface area contributed by atoms with Crippen LogP contribution in [0.1, 0.15) is 19.4 Å². The number of hydrogen-bond donors (Lipinski definition) is 0. The molecule has 1 aromatic carbocycles. The molecule has 6 heteroatoms. The Hall–Kier alpha value is -2.24. The maximum atomic E-state index is 10.5. The van der Waals surface area contributed by atoms with Gasteiger partial charge in [0.15, 0.2) is 0 Å². The standard InChI is InChI=1S/C7H8.C6H10N2O4/c1-7-5-3-2-4-6-7;1-3-11-5(9)7-8-6(10)12-4-2/h2-6H,1H3;3-4H2,1-2H3. The molecule has 2 amide bonds. The van der Waals surface area contributed by atoms with E-state index in [1.165, 1.54) is 5.56 Å². The largest absolute Gasteiger partial charge is 0.452 e. The summed E-state index contributed by atoms with van der Waals surface area (Å²) in [4.78, 5) is 20.9. The molecule has 104 valence electrons. The van der Waals surface area contributed by atoms with Gasteiger partial charge in [0, 0.05) is 0 Å². The third-order valence-electron chi connectivity index (χ3n) is 1.69. The molecule has 1 aromatic rings. The lowest BCUT2D eigenvalue weighted by molar-refractivity contribution is 0.152. The number of aryl methyl sites for hydroxylation is 1. The Labute approximate surface area is 112 Å². The van der Waals surface area contributed by atoms with Crippen LogP contribution in [0.3, 0.4) is 0 Å². The third-order valence-corrected chi connectivity index (χ3v) is 1.69. The molecule has 0 unspecified atom stereocenters. The second kappa shape index (κ2) is 10.9. The number of rotatable bonds is 2. The molecule has 0 saturated carbocycles. The Kier molecular flexibility index (Phi) is 9.60. The van der Waals surface area contributed by atoms with Crippen LogP contribution in [-0.4, -0.2) is 25.4 Å². The highest BCUT2D eigenvalue weighted by molar-refractivity contribution is 5.73. The van der Waals surface area contributed by atoms with Crippen LogP contribution < -0.4 is 0 Å². The summed E-state index contributed by atoms with van der Waals surface area (Å²) in [6.45, 7) is 5.72. The van der Waals surface area contributed by atoms with Gasteiger partial charge in [-0.05, 0) is 20.8 Å². The molecule has 0 aromatic heterocycles. The van der Waals surface area contributed by atoms with Crippen LogP contribution in [0.5, 0.6) is 0 Å². The minimum Gasteiger partial charge on any atom is -0.447 e. The predicted molar refractivity (Wildman–Crippen MR) is 70.1 cm³/mol. The van der Waals surface area contributed by atoms with Gasteiger partial charge in [0.1, 0.15) is 0 Å². The van der Waals surface area contributed by atoms with Gasteiger partial charge in [-0.15, -0.1) is 0 Å². The number of carbonyl (C=O) groups excluding carboxylic acids is 2. The Morgan fingerprint density at radius 1 is 0.947 bits per heavy atom. The van der Waals surface area contributed by atoms with E-state index in [4.69, 9.17) is 0 Å². The summed E-state index contributed by atoms with van der Waals surface area (Å²) in [5, 5.41) is 5.84. The zero-order chi connectivity index (χ0) is 14.5. The molecule has 0 aliphatic carbocycles. The van der Waals surface area contributed by atoms with Crippen molar-refractivity contribution in [3.05, 3.63) is 35.9 Å². The molecule has 1 rings (SSSR count). The molecule has 0 aliphatic heterocycles. The average Bonchev–Trinajstić information content (AvgIpc) is 2.39. The van der Waals surface area contributed by atoms with Gasteiger partial charge >= 0.3 is 12.2 Å². The van der Waals surface area contributed by atoms with Gasteiger partial charge in [0.25, 0.3) is 0 Å². The zero-order valence-corrected chi connectivity index (χ0v) is 11.3. The summed E-state index contributed by atoms with van der Waals surface area (Å²) in [6.07, 6.45) is -1.80. The highest BCUT2D eigenvalue weighted by Crippen LogP contribution is 1.92. The first-order valence-electron chi connectivity index (χ1n) is 5.87.